The zero-order valence-electron chi connectivity index (χ0n) is 12.0. The summed E-state index contributed by atoms with van der Waals surface area (Å²) in [6.45, 7) is 0. The summed E-state index contributed by atoms with van der Waals surface area (Å²) in [5.41, 5.74) is 9.64. The summed E-state index contributed by atoms with van der Waals surface area (Å²) in [5, 5.41) is 2.87. The number of hydrogen-bond acceptors (Lipinski definition) is 2. The van der Waals surface area contributed by atoms with Crippen molar-refractivity contribution in [2.24, 2.45) is 11.7 Å². The van der Waals surface area contributed by atoms with Crippen molar-refractivity contribution < 1.29 is 4.79 Å². The van der Waals surface area contributed by atoms with Crippen LogP contribution in [-0.4, -0.2) is 5.91 Å². The number of anilines is 1. The Bertz CT molecular complexity index is 490. The molecule has 1 atom stereocenters. The lowest BCUT2D eigenvalue weighted by molar-refractivity contribution is -0.115. The van der Waals surface area contributed by atoms with Crippen LogP contribution in [0.3, 0.4) is 0 Å². The van der Waals surface area contributed by atoms with Crippen molar-refractivity contribution in [1.29, 1.82) is 0 Å². The third-order valence-corrected chi connectivity index (χ3v) is 4.74. The fourth-order valence-electron chi connectivity index (χ4n) is 3.57. The Labute approximate surface area is 120 Å². The van der Waals surface area contributed by atoms with Crippen molar-refractivity contribution in [2.45, 2.75) is 57.4 Å². The zero-order chi connectivity index (χ0) is 13.9. The summed E-state index contributed by atoms with van der Waals surface area (Å²) in [4.78, 5) is 11.4. The average Bonchev–Trinajstić information content (AvgIpc) is 2.62. The molecule has 0 aromatic heterocycles. The first-order valence-corrected chi connectivity index (χ1v) is 7.90. The van der Waals surface area contributed by atoms with Gasteiger partial charge in [0.15, 0.2) is 0 Å². The van der Waals surface area contributed by atoms with E-state index < -0.39 is 0 Å². The van der Waals surface area contributed by atoms with E-state index in [1.807, 2.05) is 6.07 Å². The van der Waals surface area contributed by atoms with Crippen LogP contribution in [0.5, 0.6) is 0 Å². The van der Waals surface area contributed by atoms with Crippen LogP contribution in [0, 0.1) is 5.92 Å². The molecule has 1 fully saturated rings. The minimum Gasteiger partial charge on any atom is -0.326 e. The number of carbonyl (C=O) groups excluding carboxylic acids is 1. The number of hydrogen-bond donors (Lipinski definition) is 2. The van der Waals surface area contributed by atoms with Crippen molar-refractivity contribution in [3.63, 3.8) is 0 Å². The van der Waals surface area contributed by atoms with E-state index in [2.05, 4.69) is 17.4 Å². The van der Waals surface area contributed by atoms with E-state index in [1.54, 1.807) is 0 Å². The minimum atomic E-state index is 0.0921. The fraction of sp³-hybridized carbons (Fsp3) is 0.588. The molecule has 1 heterocycles. The Morgan fingerprint density at radius 1 is 1.20 bits per heavy atom. The molecule has 3 rings (SSSR count). The van der Waals surface area contributed by atoms with Crippen LogP contribution in [0.2, 0.25) is 0 Å². The SMILES string of the molecule is NC(CC1CCCCCC1)c1ccc2c(c1)CC(=O)N2. The number of fused-ring (bicyclic) bond motifs is 1. The van der Waals surface area contributed by atoms with Gasteiger partial charge in [-0.1, -0.05) is 50.7 Å². The van der Waals surface area contributed by atoms with E-state index in [1.165, 1.54) is 44.1 Å². The lowest BCUT2D eigenvalue weighted by atomic mass is 9.89. The van der Waals surface area contributed by atoms with Gasteiger partial charge in [0.05, 0.1) is 6.42 Å². The van der Waals surface area contributed by atoms with Gasteiger partial charge in [-0.3, -0.25) is 4.79 Å². The number of nitrogens with two attached hydrogens (primary N) is 1. The number of rotatable bonds is 3. The second kappa shape index (κ2) is 5.96. The summed E-state index contributed by atoms with van der Waals surface area (Å²) >= 11 is 0. The summed E-state index contributed by atoms with van der Waals surface area (Å²) < 4.78 is 0. The summed E-state index contributed by atoms with van der Waals surface area (Å²) in [6, 6.07) is 6.31. The first-order valence-electron chi connectivity index (χ1n) is 7.90. The van der Waals surface area contributed by atoms with Crippen molar-refractivity contribution in [2.75, 3.05) is 5.32 Å². The number of amides is 1. The van der Waals surface area contributed by atoms with Crippen molar-refractivity contribution in [1.82, 2.24) is 0 Å². The van der Waals surface area contributed by atoms with Crippen molar-refractivity contribution in [3.8, 4) is 0 Å². The molecule has 20 heavy (non-hydrogen) atoms. The standard InChI is InChI=1S/C17H24N2O/c18-15(9-12-5-3-1-2-4-6-12)13-7-8-16-14(10-13)11-17(20)19-16/h7-8,10,12,15H,1-6,9,11,18H2,(H,19,20). The molecule has 0 saturated heterocycles. The van der Waals surface area contributed by atoms with Gasteiger partial charge in [-0.2, -0.15) is 0 Å². The van der Waals surface area contributed by atoms with Gasteiger partial charge in [0, 0.05) is 11.7 Å². The highest BCUT2D eigenvalue weighted by Crippen LogP contribution is 2.32. The van der Waals surface area contributed by atoms with Crippen LogP contribution in [0.1, 0.15) is 62.1 Å². The molecule has 108 valence electrons. The van der Waals surface area contributed by atoms with Crippen LogP contribution in [0.25, 0.3) is 0 Å². The molecule has 1 saturated carbocycles. The summed E-state index contributed by atoms with van der Waals surface area (Å²) in [7, 11) is 0. The zero-order valence-corrected chi connectivity index (χ0v) is 12.0. The predicted molar refractivity (Wildman–Crippen MR) is 81.5 cm³/mol. The van der Waals surface area contributed by atoms with E-state index in [0.717, 1.165) is 23.6 Å². The molecule has 0 bridgehead atoms. The monoisotopic (exact) mass is 272 g/mol. The third-order valence-electron chi connectivity index (χ3n) is 4.74. The van der Waals surface area contributed by atoms with Crippen LogP contribution in [0.4, 0.5) is 5.69 Å². The molecule has 3 N–H and O–H groups in total. The molecule has 0 radical (unpaired) electrons. The minimum absolute atomic E-state index is 0.0921. The highest BCUT2D eigenvalue weighted by Gasteiger charge is 2.21. The van der Waals surface area contributed by atoms with E-state index in [9.17, 15) is 4.79 Å². The molecule has 3 nitrogen and oxygen atoms in total. The Morgan fingerprint density at radius 3 is 2.70 bits per heavy atom. The Hall–Kier alpha value is -1.35. The molecule has 1 aliphatic heterocycles. The maximum Gasteiger partial charge on any atom is 0.228 e. The molecule has 1 aromatic carbocycles. The second-order valence-corrected chi connectivity index (χ2v) is 6.34. The quantitative estimate of drug-likeness (QED) is 0.827. The molecule has 2 aliphatic rings. The smallest absolute Gasteiger partial charge is 0.228 e. The topological polar surface area (TPSA) is 55.1 Å². The Morgan fingerprint density at radius 2 is 1.95 bits per heavy atom. The van der Waals surface area contributed by atoms with E-state index in [-0.39, 0.29) is 11.9 Å². The van der Waals surface area contributed by atoms with Crippen LogP contribution in [-0.2, 0) is 11.2 Å². The lowest BCUT2D eigenvalue weighted by Gasteiger charge is -2.20. The highest BCUT2D eigenvalue weighted by atomic mass is 16.1. The maximum atomic E-state index is 11.4. The van der Waals surface area contributed by atoms with Crippen LogP contribution < -0.4 is 11.1 Å². The molecule has 1 aromatic rings. The van der Waals surface area contributed by atoms with E-state index in [4.69, 9.17) is 5.73 Å². The molecule has 1 unspecified atom stereocenters. The first-order chi connectivity index (χ1) is 9.72. The van der Waals surface area contributed by atoms with Gasteiger partial charge >= 0.3 is 0 Å². The molecule has 0 spiro atoms. The third kappa shape index (κ3) is 3.04. The van der Waals surface area contributed by atoms with E-state index in [0.29, 0.717) is 6.42 Å². The molecule has 1 aliphatic carbocycles. The van der Waals surface area contributed by atoms with E-state index >= 15 is 0 Å². The van der Waals surface area contributed by atoms with Gasteiger partial charge in [-0.25, -0.2) is 0 Å². The van der Waals surface area contributed by atoms with Crippen molar-refractivity contribution >= 4 is 11.6 Å². The fourth-order valence-corrected chi connectivity index (χ4v) is 3.57. The van der Waals surface area contributed by atoms with Gasteiger partial charge in [0.2, 0.25) is 5.91 Å². The summed E-state index contributed by atoms with van der Waals surface area (Å²) in [6.07, 6.45) is 9.74. The van der Waals surface area contributed by atoms with Gasteiger partial charge < -0.3 is 11.1 Å². The molecule has 3 heteroatoms. The van der Waals surface area contributed by atoms with Gasteiger partial charge in [-0.15, -0.1) is 0 Å². The Balaban J connectivity index is 1.66. The van der Waals surface area contributed by atoms with Gasteiger partial charge in [0.25, 0.3) is 0 Å². The number of carbonyl (C=O) groups is 1. The largest absolute Gasteiger partial charge is 0.326 e. The first kappa shape index (κ1) is 13.6. The highest BCUT2D eigenvalue weighted by molar-refractivity contribution is 5.99. The van der Waals surface area contributed by atoms with Gasteiger partial charge in [0.1, 0.15) is 0 Å². The van der Waals surface area contributed by atoms with Crippen LogP contribution in [0.15, 0.2) is 18.2 Å². The summed E-state index contributed by atoms with van der Waals surface area (Å²) in [5.74, 6) is 0.870. The molecular weight excluding hydrogens is 248 g/mol. The molecular formula is C17H24N2O. The molecule has 1 amide bonds. The van der Waals surface area contributed by atoms with Crippen molar-refractivity contribution in [3.05, 3.63) is 29.3 Å². The van der Waals surface area contributed by atoms with Gasteiger partial charge in [-0.05, 0) is 29.5 Å². The lowest BCUT2D eigenvalue weighted by Crippen LogP contribution is -2.15. The maximum absolute atomic E-state index is 11.4. The Kier molecular flexibility index (Phi) is 4.06. The normalized spacial score (nSPS) is 21.1. The number of nitrogens with one attached hydrogen (secondary N) is 1. The second-order valence-electron chi connectivity index (χ2n) is 6.34. The average molecular weight is 272 g/mol. The number of benzene rings is 1. The predicted octanol–water partition coefficient (Wildman–Crippen LogP) is 3.54. The van der Waals surface area contributed by atoms with Crippen LogP contribution >= 0.6 is 0 Å².